The smallest absolute Gasteiger partial charge is 0.410 e. The van der Waals surface area contributed by atoms with Crippen molar-refractivity contribution in [1.82, 2.24) is 4.90 Å². The summed E-state index contributed by atoms with van der Waals surface area (Å²) in [5, 5.41) is 0. The van der Waals surface area contributed by atoms with Gasteiger partial charge in [0.2, 0.25) is 5.67 Å². The average Bonchev–Trinajstić information content (AvgIpc) is 2.60. The maximum atomic E-state index is 15.7. The van der Waals surface area contributed by atoms with Crippen LogP contribution >= 0.6 is 15.9 Å². The standard InChI is InChI=1S/C22H33BrFNO4/c1-6-7-14-28-19(26)22(24,16-17-10-8-11-18(23)15-17)12-9-13-25(5)20(27)29-21(2,3)4/h8,10-11,15H,6-7,9,12-14,16H2,1-5H3. The van der Waals surface area contributed by atoms with Gasteiger partial charge in [-0.25, -0.2) is 14.0 Å². The van der Waals surface area contributed by atoms with Gasteiger partial charge in [0, 0.05) is 24.5 Å². The van der Waals surface area contributed by atoms with Gasteiger partial charge in [0.15, 0.2) is 0 Å². The summed E-state index contributed by atoms with van der Waals surface area (Å²) in [7, 11) is 1.60. The van der Waals surface area contributed by atoms with Gasteiger partial charge in [-0.15, -0.1) is 0 Å². The number of carbonyl (C=O) groups is 2. The minimum absolute atomic E-state index is 0.0440. The predicted molar refractivity (Wildman–Crippen MR) is 116 cm³/mol. The molecule has 0 aliphatic rings. The fraction of sp³-hybridized carbons (Fsp3) is 0.636. The van der Waals surface area contributed by atoms with Gasteiger partial charge < -0.3 is 14.4 Å². The number of nitrogens with zero attached hydrogens (tertiary/aromatic N) is 1. The molecule has 29 heavy (non-hydrogen) atoms. The van der Waals surface area contributed by atoms with Gasteiger partial charge in [0.05, 0.1) is 6.61 Å². The van der Waals surface area contributed by atoms with Crippen molar-refractivity contribution in [3.8, 4) is 0 Å². The Kier molecular flexibility index (Phi) is 10.1. The lowest BCUT2D eigenvalue weighted by Gasteiger charge is -2.27. The number of ether oxygens (including phenoxy) is 2. The number of unbranched alkanes of at least 4 members (excludes halogenated alkanes) is 1. The highest BCUT2D eigenvalue weighted by Gasteiger charge is 2.40. The van der Waals surface area contributed by atoms with Crippen LogP contribution in [0.1, 0.15) is 58.9 Å². The molecule has 1 aromatic rings. The monoisotopic (exact) mass is 473 g/mol. The Morgan fingerprint density at radius 2 is 1.90 bits per heavy atom. The Morgan fingerprint density at radius 3 is 2.48 bits per heavy atom. The molecule has 1 amide bonds. The topological polar surface area (TPSA) is 55.8 Å². The number of benzene rings is 1. The van der Waals surface area contributed by atoms with Gasteiger partial charge in [-0.1, -0.05) is 41.4 Å². The number of rotatable bonds is 10. The van der Waals surface area contributed by atoms with Crippen molar-refractivity contribution in [3.63, 3.8) is 0 Å². The van der Waals surface area contributed by atoms with Crippen molar-refractivity contribution in [2.75, 3.05) is 20.2 Å². The van der Waals surface area contributed by atoms with Crippen LogP contribution in [-0.2, 0) is 20.7 Å². The van der Waals surface area contributed by atoms with Crippen LogP contribution in [0.3, 0.4) is 0 Å². The predicted octanol–water partition coefficient (Wildman–Crippen LogP) is 5.69. The van der Waals surface area contributed by atoms with Crippen LogP contribution in [0.4, 0.5) is 9.18 Å². The molecule has 0 saturated carbocycles. The Hall–Kier alpha value is -1.63. The highest BCUT2D eigenvalue weighted by molar-refractivity contribution is 9.10. The lowest BCUT2D eigenvalue weighted by Crippen LogP contribution is -2.40. The van der Waals surface area contributed by atoms with Gasteiger partial charge in [-0.2, -0.15) is 0 Å². The molecule has 1 unspecified atom stereocenters. The Balaban J connectivity index is 2.77. The van der Waals surface area contributed by atoms with Crippen LogP contribution in [0.25, 0.3) is 0 Å². The summed E-state index contributed by atoms with van der Waals surface area (Å²) in [5.74, 6) is -0.842. The zero-order valence-corrected chi connectivity index (χ0v) is 19.7. The van der Waals surface area contributed by atoms with Gasteiger partial charge in [-0.05, 0) is 57.7 Å². The summed E-state index contributed by atoms with van der Waals surface area (Å²) in [6, 6.07) is 7.23. The van der Waals surface area contributed by atoms with Crippen molar-refractivity contribution in [1.29, 1.82) is 0 Å². The highest BCUT2D eigenvalue weighted by Crippen LogP contribution is 2.27. The molecule has 0 aliphatic heterocycles. The Labute approximate surface area is 182 Å². The molecule has 5 nitrogen and oxygen atoms in total. The third-order valence-electron chi connectivity index (χ3n) is 4.24. The summed E-state index contributed by atoms with van der Waals surface area (Å²) in [6.07, 6.45) is 1.27. The summed E-state index contributed by atoms with van der Waals surface area (Å²) in [4.78, 5) is 26.0. The molecule has 7 heteroatoms. The van der Waals surface area contributed by atoms with Crippen LogP contribution in [0.5, 0.6) is 0 Å². The van der Waals surface area contributed by atoms with E-state index >= 15 is 4.39 Å². The largest absolute Gasteiger partial charge is 0.463 e. The van der Waals surface area contributed by atoms with Crippen molar-refractivity contribution >= 4 is 28.0 Å². The van der Waals surface area contributed by atoms with E-state index in [1.807, 2.05) is 13.0 Å². The zero-order valence-electron chi connectivity index (χ0n) is 18.1. The first-order valence-electron chi connectivity index (χ1n) is 10.0. The van der Waals surface area contributed by atoms with E-state index in [0.717, 1.165) is 10.9 Å². The van der Waals surface area contributed by atoms with Crippen LogP contribution in [-0.4, -0.2) is 48.4 Å². The molecule has 1 atom stereocenters. The van der Waals surface area contributed by atoms with Gasteiger partial charge in [-0.3, -0.25) is 0 Å². The second-order valence-electron chi connectivity index (χ2n) is 8.27. The fourth-order valence-electron chi connectivity index (χ4n) is 2.70. The van der Waals surface area contributed by atoms with Crippen LogP contribution in [0.15, 0.2) is 28.7 Å². The number of alkyl halides is 1. The highest BCUT2D eigenvalue weighted by atomic mass is 79.9. The molecule has 0 aromatic heterocycles. The number of hydrogen-bond donors (Lipinski definition) is 0. The molecule has 0 radical (unpaired) electrons. The molecular formula is C22H33BrFNO4. The van der Waals surface area contributed by atoms with E-state index in [4.69, 9.17) is 9.47 Å². The SMILES string of the molecule is CCCCOC(=O)C(F)(CCCN(C)C(=O)OC(C)(C)C)Cc1cccc(Br)c1. The molecule has 0 fully saturated rings. The second kappa shape index (κ2) is 11.5. The van der Waals surface area contributed by atoms with Gasteiger partial charge in [0.25, 0.3) is 0 Å². The van der Waals surface area contributed by atoms with Crippen LogP contribution in [0.2, 0.25) is 0 Å². The van der Waals surface area contributed by atoms with Crippen molar-refractivity contribution in [2.45, 2.75) is 71.1 Å². The maximum absolute atomic E-state index is 15.7. The van der Waals surface area contributed by atoms with Crippen molar-refractivity contribution < 1.29 is 23.5 Å². The van der Waals surface area contributed by atoms with Crippen molar-refractivity contribution in [2.24, 2.45) is 0 Å². The number of amides is 1. The first kappa shape index (κ1) is 25.4. The van der Waals surface area contributed by atoms with E-state index in [0.29, 0.717) is 18.4 Å². The van der Waals surface area contributed by atoms with Gasteiger partial charge in [0.1, 0.15) is 5.60 Å². The van der Waals surface area contributed by atoms with Crippen LogP contribution in [0, 0.1) is 0 Å². The molecule has 0 aliphatic carbocycles. The molecule has 0 bridgehead atoms. The van der Waals surface area contributed by atoms with E-state index in [1.165, 1.54) is 4.90 Å². The number of halogens is 2. The summed E-state index contributed by atoms with van der Waals surface area (Å²) >= 11 is 3.37. The molecule has 1 rings (SSSR count). The quantitative estimate of drug-likeness (QED) is 0.323. The van der Waals surface area contributed by atoms with Crippen molar-refractivity contribution in [3.05, 3.63) is 34.3 Å². The Morgan fingerprint density at radius 1 is 1.21 bits per heavy atom. The minimum Gasteiger partial charge on any atom is -0.463 e. The Bertz CT molecular complexity index is 677. The fourth-order valence-corrected chi connectivity index (χ4v) is 3.15. The third-order valence-corrected chi connectivity index (χ3v) is 4.74. The van der Waals surface area contributed by atoms with E-state index in [2.05, 4.69) is 15.9 Å². The molecular weight excluding hydrogens is 441 g/mol. The first-order valence-corrected chi connectivity index (χ1v) is 10.8. The third kappa shape index (κ3) is 9.61. The minimum atomic E-state index is -2.15. The van der Waals surface area contributed by atoms with Gasteiger partial charge >= 0.3 is 12.1 Å². The molecule has 1 aromatic carbocycles. The lowest BCUT2D eigenvalue weighted by molar-refractivity contribution is -0.158. The molecule has 0 saturated heterocycles. The summed E-state index contributed by atoms with van der Waals surface area (Å²) < 4.78 is 27.0. The molecule has 0 spiro atoms. The van der Waals surface area contributed by atoms with E-state index in [9.17, 15) is 9.59 Å². The molecule has 0 N–H and O–H groups in total. The summed E-state index contributed by atoms with van der Waals surface area (Å²) in [5.41, 5.74) is -2.04. The molecule has 0 heterocycles. The number of hydrogen-bond acceptors (Lipinski definition) is 4. The average molecular weight is 474 g/mol. The number of carbonyl (C=O) groups excluding carboxylic acids is 2. The van der Waals surface area contributed by atoms with E-state index in [1.54, 1.807) is 46.0 Å². The molecule has 164 valence electrons. The summed E-state index contributed by atoms with van der Waals surface area (Å²) in [6.45, 7) is 7.82. The normalized spacial score (nSPS) is 13.5. The van der Waals surface area contributed by atoms with E-state index in [-0.39, 0.29) is 26.0 Å². The first-order chi connectivity index (χ1) is 13.5. The second-order valence-corrected chi connectivity index (χ2v) is 9.18. The lowest BCUT2D eigenvalue weighted by atomic mass is 9.91. The van der Waals surface area contributed by atoms with E-state index < -0.39 is 23.3 Å². The van der Waals surface area contributed by atoms with Crippen LogP contribution < -0.4 is 0 Å². The zero-order chi connectivity index (χ0) is 22.1. The maximum Gasteiger partial charge on any atom is 0.410 e. The number of esters is 1.